The molecule has 8 heteroatoms. The summed E-state index contributed by atoms with van der Waals surface area (Å²) in [6, 6.07) is 10.9. The van der Waals surface area contributed by atoms with Crippen LogP contribution in [0, 0.1) is 0 Å². The van der Waals surface area contributed by atoms with E-state index in [1.54, 1.807) is 34.3 Å². The molecule has 0 saturated heterocycles. The number of hydrogen-bond acceptors (Lipinski definition) is 5. The maximum atomic E-state index is 12.8. The van der Waals surface area contributed by atoms with Crippen molar-refractivity contribution >= 4 is 44.6 Å². The first-order chi connectivity index (χ1) is 12.7. The van der Waals surface area contributed by atoms with Crippen LogP contribution < -0.4 is 10.1 Å². The van der Waals surface area contributed by atoms with Gasteiger partial charge in [0.25, 0.3) is 5.91 Å². The van der Waals surface area contributed by atoms with E-state index in [1.165, 1.54) is 11.3 Å². The Morgan fingerprint density at radius 3 is 2.96 bits per heavy atom. The lowest BCUT2D eigenvalue weighted by atomic mass is 10.2. The molecule has 0 aliphatic heterocycles. The second kappa shape index (κ2) is 7.27. The molecule has 0 radical (unpaired) electrons. The summed E-state index contributed by atoms with van der Waals surface area (Å²) in [6.45, 7) is 0.316. The van der Waals surface area contributed by atoms with Crippen LogP contribution in [0.4, 0.5) is 5.82 Å². The van der Waals surface area contributed by atoms with Crippen LogP contribution in [0.15, 0.2) is 64.2 Å². The second-order valence-electron chi connectivity index (χ2n) is 5.41. The van der Waals surface area contributed by atoms with Gasteiger partial charge in [-0.05, 0) is 40.2 Å². The number of anilines is 1. The maximum absolute atomic E-state index is 12.8. The summed E-state index contributed by atoms with van der Waals surface area (Å²) in [5.41, 5.74) is 3.76. The average Bonchev–Trinajstić information content (AvgIpc) is 3.31. The monoisotopic (exact) mass is 428 g/mol. The number of halogens is 1. The Labute approximate surface area is 161 Å². The highest BCUT2D eigenvalue weighted by Crippen LogP contribution is 2.23. The summed E-state index contributed by atoms with van der Waals surface area (Å²) in [5.74, 6) is 0.828. The SMILES string of the molecule is O=C(Nc1cnc2c(Br)cccn12)c1ccccc1OCc1cscn1. The number of para-hydroxylation sites is 1. The van der Waals surface area contributed by atoms with Gasteiger partial charge in [0.05, 0.1) is 27.4 Å². The van der Waals surface area contributed by atoms with Crippen LogP contribution in [-0.4, -0.2) is 20.3 Å². The number of aromatic nitrogens is 3. The van der Waals surface area contributed by atoms with Gasteiger partial charge in [-0.2, -0.15) is 0 Å². The van der Waals surface area contributed by atoms with E-state index in [4.69, 9.17) is 4.74 Å². The largest absolute Gasteiger partial charge is 0.486 e. The number of amides is 1. The van der Waals surface area contributed by atoms with E-state index in [-0.39, 0.29) is 5.91 Å². The fourth-order valence-electron chi connectivity index (χ4n) is 2.49. The normalized spacial score (nSPS) is 10.8. The highest BCUT2D eigenvalue weighted by Gasteiger charge is 2.15. The predicted octanol–water partition coefficient (Wildman–Crippen LogP) is 4.38. The number of ether oxygens (including phenoxy) is 1. The van der Waals surface area contributed by atoms with Crippen molar-refractivity contribution in [1.82, 2.24) is 14.4 Å². The highest BCUT2D eigenvalue weighted by molar-refractivity contribution is 9.10. The van der Waals surface area contributed by atoms with Crippen molar-refractivity contribution in [3.8, 4) is 5.75 Å². The third-order valence-corrected chi connectivity index (χ3v) is 4.97. The summed E-state index contributed by atoms with van der Waals surface area (Å²) in [7, 11) is 0. The molecular formula is C18H13BrN4O2S. The predicted molar refractivity (Wildman–Crippen MR) is 104 cm³/mol. The first-order valence-corrected chi connectivity index (χ1v) is 9.48. The maximum Gasteiger partial charge on any atom is 0.260 e. The molecule has 3 heterocycles. The second-order valence-corrected chi connectivity index (χ2v) is 6.98. The number of fused-ring (bicyclic) bond motifs is 1. The Balaban J connectivity index is 1.57. The molecule has 4 rings (SSSR count). The van der Waals surface area contributed by atoms with E-state index in [0.717, 1.165) is 15.8 Å². The third-order valence-electron chi connectivity index (χ3n) is 3.72. The Hall–Kier alpha value is -2.71. The van der Waals surface area contributed by atoms with Crippen molar-refractivity contribution in [2.75, 3.05) is 5.32 Å². The van der Waals surface area contributed by atoms with Gasteiger partial charge in [-0.25, -0.2) is 9.97 Å². The van der Waals surface area contributed by atoms with E-state index in [0.29, 0.717) is 23.7 Å². The van der Waals surface area contributed by atoms with Crippen LogP contribution in [0.25, 0.3) is 5.65 Å². The van der Waals surface area contributed by atoms with E-state index in [1.807, 2.05) is 29.8 Å². The lowest BCUT2D eigenvalue weighted by Gasteiger charge is -2.11. The molecule has 0 fully saturated rings. The zero-order valence-electron chi connectivity index (χ0n) is 13.4. The van der Waals surface area contributed by atoms with Gasteiger partial charge in [0.2, 0.25) is 0 Å². The Morgan fingerprint density at radius 2 is 2.12 bits per heavy atom. The molecule has 0 atom stereocenters. The number of pyridine rings is 1. The minimum Gasteiger partial charge on any atom is -0.486 e. The van der Waals surface area contributed by atoms with Crippen molar-refractivity contribution < 1.29 is 9.53 Å². The summed E-state index contributed by atoms with van der Waals surface area (Å²) in [6.07, 6.45) is 3.46. The van der Waals surface area contributed by atoms with Crippen molar-refractivity contribution in [2.24, 2.45) is 0 Å². The molecule has 0 aliphatic carbocycles. The van der Waals surface area contributed by atoms with Crippen LogP contribution in [-0.2, 0) is 6.61 Å². The quantitative estimate of drug-likeness (QED) is 0.511. The minimum atomic E-state index is -0.263. The molecule has 0 bridgehead atoms. The molecule has 4 aromatic rings. The molecule has 26 heavy (non-hydrogen) atoms. The van der Waals surface area contributed by atoms with Gasteiger partial charge >= 0.3 is 0 Å². The van der Waals surface area contributed by atoms with Gasteiger partial charge in [-0.1, -0.05) is 12.1 Å². The topological polar surface area (TPSA) is 68.5 Å². The zero-order valence-corrected chi connectivity index (χ0v) is 15.8. The summed E-state index contributed by atoms with van der Waals surface area (Å²) >= 11 is 4.96. The van der Waals surface area contributed by atoms with Gasteiger partial charge in [0.15, 0.2) is 5.65 Å². The molecule has 0 unspecified atom stereocenters. The summed E-state index contributed by atoms with van der Waals surface area (Å²) in [5, 5.41) is 4.80. The molecule has 1 N–H and O–H groups in total. The smallest absolute Gasteiger partial charge is 0.260 e. The number of carbonyl (C=O) groups is 1. The lowest BCUT2D eigenvalue weighted by Crippen LogP contribution is -2.15. The number of imidazole rings is 1. The summed E-state index contributed by atoms with van der Waals surface area (Å²) in [4.78, 5) is 21.3. The van der Waals surface area contributed by atoms with Crippen LogP contribution in [0.3, 0.4) is 0 Å². The Morgan fingerprint density at radius 1 is 1.23 bits per heavy atom. The molecule has 130 valence electrons. The van der Waals surface area contributed by atoms with E-state index >= 15 is 0 Å². The molecule has 0 aliphatic rings. The third kappa shape index (κ3) is 3.33. The van der Waals surface area contributed by atoms with Crippen molar-refractivity contribution in [2.45, 2.75) is 6.61 Å². The fraction of sp³-hybridized carbons (Fsp3) is 0.0556. The highest BCUT2D eigenvalue weighted by atomic mass is 79.9. The first kappa shape index (κ1) is 16.7. The van der Waals surface area contributed by atoms with E-state index in [2.05, 4.69) is 31.2 Å². The standard InChI is InChI=1S/C18H13BrN4O2S/c19-14-5-3-7-23-16(8-20-17(14)23)22-18(24)13-4-1-2-6-15(13)25-9-12-10-26-11-21-12/h1-8,10-11H,9H2,(H,22,24). The van der Waals surface area contributed by atoms with Gasteiger partial charge in [-0.3, -0.25) is 9.20 Å². The van der Waals surface area contributed by atoms with Crippen molar-refractivity contribution in [3.63, 3.8) is 0 Å². The minimum absolute atomic E-state index is 0.263. The van der Waals surface area contributed by atoms with Crippen LogP contribution in [0.2, 0.25) is 0 Å². The van der Waals surface area contributed by atoms with Gasteiger partial charge in [0, 0.05) is 11.6 Å². The number of nitrogens with zero attached hydrogens (tertiary/aromatic N) is 3. The number of hydrogen-bond donors (Lipinski definition) is 1. The molecular weight excluding hydrogens is 416 g/mol. The first-order valence-electron chi connectivity index (χ1n) is 7.74. The molecule has 0 saturated carbocycles. The number of carbonyl (C=O) groups excluding carboxylic acids is 1. The van der Waals surface area contributed by atoms with Gasteiger partial charge in [0.1, 0.15) is 18.2 Å². The summed E-state index contributed by atoms with van der Waals surface area (Å²) < 4.78 is 8.44. The van der Waals surface area contributed by atoms with E-state index in [9.17, 15) is 4.79 Å². The van der Waals surface area contributed by atoms with Gasteiger partial charge in [-0.15, -0.1) is 11.3 Å². The van der Waals surface area contributed by atoms with Gasteiger partial charge < -0.3 is 10.1 Å². The number of thiazole rings is 1. The molecule has 0 spiro atoms. The Kier molecular flexibility index (Phi) is 4.68. The average molecular weight is 429 g/mol. The molecule has 3 aromatic heterocycles. The fourth-order valence-corrected chi connectivity index (χ4v) is 3.48. The van der Waals surface area contributed by atoms with Crippen molar-refractivity contribution in [3.05, 3.63) is 75.4 Å². The van der Waals surface area contributed by atoms with Crippen LogP contribution >= 0.6 is 27.3 Å². The van der Waals surface area contributed by atoms with Crippen molar-refractivity contribution in [1.29, 1.82) is 0 Å². The van der Waals surface area contributed by atoms with E-state index < -0.39 is 0 Å². The number of rotatable bonds is 5. The zero-order chi connectivity index (χ0) is 17.9. The molecule has 1 amide bonds. The Bertz CT molecular complexity index is 1060. The lowest BCUT2D eigenvalue weighted by molar-refractivity contribution is 0.102. The molecule has 1 aromatic carbocycles. The number of benzene rings is 1. The number of nitrogens with one attached hydrogen (secondary N) is 1. The van der Waals surface area contributed by atoms with Crippen LogP contribution in [0.5, 0.6) is 5.75 Å². The molecule has 6 nitrogen and oxygen atoms in total. The van der Waals surface area contributed by atoms with Crippen LogP contribution in [0.1, 0.15) is 16.1 Å².